The molecule has 1 saturated heterocycles. The van der Waals surface area contributed by atoms with Crippen LogP contribution in [0, 0.1) is 0 Å². The zero-order chi connectivity index (χ0) is 19.7. The molecule has 1 aliphatic rings. The summed E-state index contributed by atoms with van der Waals surface area (Å²) in [5.74, 6) is -0.144. The molecule has 2 aromatic carbocycles. The van der Waals surface area contributed by atoms with E-state index in [1.54, 1.807) is 36.4 Å². The van der Waals surface area contributed by atoms with Crippen LogP contribution in [0.5, 0.6) is 0 Å². The maximum absolute atomic E-state index is 13.0. The van der Waals surface area contributed by atoms with Gasteiger partial charge in [0.15, 0.2) is 5.11 Å². The Kier molecular flexibility index (Phi) is 4.81. The number of nitrogens with one attached hydrogen (secondary N) is 1. The van der Waals surface area contributed by atoms with Crippen molar-refractivity contribution in [1.29, 1.82) is 0 Å². The number of thiocarbonyl (C=S) groups is 1. The summed E-state index contributed by atoms with van der Waals surface area (Å²) in [7, 11) is 0. The standard InChI is InChI=1S/C21H13ClN2O3S/c22-16-8-4-5-9-17(16)24-20(26)15(19(25)23-21(24)28)12-14-10-11-18(27-14)13-6-2-1-3-7-13/h1-12H,(H,23,25,28)/b15-12+. The average molecular weight is 409 g/mol. The monoisotopic (exact) mass is 408 g/mol. The highest BCUT2D eigenvalue weighted by atomic mass is 35.5. The minimum atomic E-state index is -0.587. The van der Waals surface area contributed by atoms with Gasteiger partial charge in [0.05, 0.1) is 10.7 Å². The summed E-state index contributed by atoms with van der Waals surface area (Å²) in [5, 5.41) is 2.85. The van der Waals surface area contributed by atoms with Crippen LogP contribution in [0.3, 0.4) is 0 Å². The molecule has 0 atom stereocenters. The van der Waals surface area contributed by atoms with Gasteiger partial charge in [0.2, 0.25) is 0 Å². The zero-order valence-electron chi connectivity index (χ0n) is 14.4. The molecule has 0 bridgehead atoms. The van der Waals surface area contributed by atoms with Crippen LogP contribution in [0.15, 0.2) is 76.7 Å². The van der Waals surface area contributed by atoms with Crippen molar-refractivity contribution in [1.82, 2.24) is 5.32 Å². The van der Waals surface area contributed by atoms with Gasteiger partial charge in [-0.05, 0) is 42.6 Å². The van der Waals surface area contributed by atoms with Crippen molar-refractivity contribution < 1.29 is 14.0 Å². The zero-order valence-corrected chi connectivity index (χ0v) is 16.0. The highest BCUT2D eigenvalue weighted by Crippen LogP contribution is 2.29. The van der Waals surface area contributed by atoms with Gasteiger partial charge in [-0.3, -0.25) is 19.8 Å². The summed E-state index contributed by atoms with van der Waals surface area (Å²) < 4.78 is 5.77. The van der Waals surface area contributed by atoms with Gasteiger partial charge in [-0.2, -0.15) is 0 Å². The normalized spacial score (nSPS) is 15.8. The quantitative estimate of drug-likeness (QED) is 0.395. The minimum Gasteiger partial charge on any atom is -0.457 e. The number of carbonyl (C=O) groups excluding carboxylic acids is 2. The lowest BCUT2D eigenvalue weighted by Crippen LogP contribution is -2.54. The summed E-state index contributed by atoms with van der Waals surface area (Å²) in [6.07, 6.45) is 1.40. The van der Waals surface area contributed by atoms with Gasteiger partial charge in [0.1, 0.15) is 17.1 Å². The number of hydrogen-bond acceptors (Lipinski definition) is 4. The van der Waals surface area contributed by atoms with E-state index in [4.69, 9.17) is 28.2 Å². The van der Waals surface area contributed by atoms with Gasteiger partial charge in [-0.15, -0.1) is 0 Å². The van der Waals surface area contributed by atoms with E-state index in [0.717, 1.165) is 5.56 Å². The Morgan fingerprint density at radius 2 is 1.68 bits per heavy atom. The average Bonchev–Trinajstić information content (AvgIpc) is 3.16. The molecule has 4 rings (SSSR count). The lowest BCUT2D eigenvalue weighted by Gasteiger charge is -2.29. The Morgan fingerprint density at radius 1 is 0.964 bits per heavy atom. The van der Waals surface area contributed by atoms with E-state index < -0.39 is 11.8 Å². The van der Waals surface area contributed by atoms with E-state index >= 15 is 0 Å². The first kappa shape index (κ1) is 18.2. The van der Waals surface area contributed by atoms with Crippen molar-refractivity contribution in [3.8, 4) is 11.3 Å². The third-order valence-electron chi connectivity index (χ3n) is 4.17. The number of furan rings is 1. The van der Waals surface area contributed by atoms with E-state index in [-0.39, 0.29) is 10.7 Å². The SMILES string of the molecule is O=C1NC(=S)N(c2ccccc2Cl)C(=O)/C1=C/c1ccc(-c2ccccc2)o1. The maximum Gasteiger partial charge on any atom is 0.270 e. The number of carbonyl (C=O) groups is 2. The van der Waals surface area contributed by atoms with Crippen LogP contribution >= 0.6 is 23.8 Å². The van der Waals surface area contributed by atoms with Crippen LogP contribution in [-0.4, -0.2) is 16.9 Å². The Morgan fingerprint density at radius 3 is 2.43 bits per heavy atom. The van der Waals surface area contributed by atoms with E-state index in [9.17, 15) is 9.59 Å². The second-order valence-corrected chi connectivity index (χ2v) is 6.77. The summed E-state index contributed by atoms with van der Waals surface area (Å²) in [6, 6.07) is 19.8. The van der Waals surface area contributed by atoms with Gasteiger partial charge in [0, 0.05) is 5.56 Å². The lowest BCUT2D eigenvalue weighted by molar-refractivity contribution is -0.122. The summed E-state index contributed by atoms with van der Waals surface area (Å²) >= 11 is 11.4. The number of benzene rings is 2. The third-order valence-corrected chi connectivity index (χ3v) is 4.77. The molecule has 0 unspecified atom stereocenters. The first-order valence-corrected chi connectivity index (χ1v) is 9.14. The molecule has 1 fully saturated rings. The number of nitrogens with zero attached hydrogens (tertiary/aromatic N) is 1. The summed E-state index contributed by atoms with van der Waals surface area (Å²) in [4.78, 5) is 26.6. The molecule has 0 aliphatic carbocycles. The number of halogens is 1. The van der Waals surface area contributed by atoms with Gasteiger partial charge in [0.25, 0.3) is 11.8 Å². The van der Waals surface area contributed by atoms with Crippen LogP contribution in [0.25, 0.3) is 17.4 Å². The highest BCUT2D eigenvalue weighted by molar-refractivity contribution is 7.80. The van der Waals surface area contributed by atoms with Gasteiger partial charge in [-0.1, -0.05) is 54.1 Å². The molecule has 1 aliphatic heterocycles. The maximum atomic E-state index is 13.0. The smallest absolute Gasteiger partial charge is 0.270 e. The molecule has 1 N–H and O–H groups in total. The minimum absolute atomic E-state index is 0.0235. The van der Waals surface area contributed by atoms with Crippen molar-refractivity contribution in [3.63, 3.8) is 0 Å². The first-order valence-electron chi connectivity index (χ1n) is 8.36. The second kappa shape index (κ2) is 7.42. The molecule has 2 amide bonds. The molecule has 2 heterocycles. The lowest BCUT2D eigenvalue weighted by atomic mass is 10.1. The molecule has 7 heteroatoms. The fraction of sp³-hybridized carbons (Fsp3) is 0. The molecule has 0 saturated carbocycles. The molecule has 1 aromatic heterocycles. The van der Waals surface area contributed by atoms with Crippen LogP contribution in [0.4, 0.5) is 5.69 Å². The molecule has 5 nitrogen and oxygen atoms in total. The Bertz CT molecular complexity index is 1120. The number of amides is 2. The molecule has 0 radical (unpaired) electrons. The van der Waals surface area contributed by atoms with Crippen LogP contribution < -0.4 is 10.2 Å². The van der Waals surface area contributed by atoms with Crippen LogP contribution in [0.2, 0.25) is 5.02 Å². The largest absolute Gasteiger partial charge is 0.457 e. The number of rotatable bonds is 3. The van der Waals surface area contributed by atoms with E-state index in [2.05, 4.69) is 5.32 Å². The molecule has 3 aromatic rings. The molecule has 138 valence electrons. The predicted molar refractivity (Wildman–Crippen MR) is 112 cm³/mol. The number of para-hydroxylation sites is 1. The van der Waals surface area contributed by atoms with Crippen molar-refractivity contribution in [2.75, 3.05) is 4.90 Å². The molecular formula is C21H13ClN2O3S. The number of anilines is 1. The van der Waals surface area contributed by atoms with Gasteiger partial charge < -0.3 is 4.42 Å². The van der Waals surface area contributed by atoms with E-state index in [1.165, 1.54) is 11.0 Å². The van der Waals surface area contributed by atoms with Crippen molar-refractivity contribution >= 4 is 52.5 Å². The highest BCUT2D eigenvalue weighted by Gasteiger charge is 2.35. The van der Waals surface area contributed by atoms with Gasteiger partial charge >= 0.3 is 0 Å². The van der Waals surface area contributed by atoms with Crippen LogP contribution in [0.1, 0.15) is 5.76 Å². The molecule has 0 spiro atoms. The fourth-order valence-electron chi connectivity index (χ4n) is 2.84. The summed E-state index contributed by atoms with van der Waals surface area (Å²) in [6.45, 7) is 0. The topological polar surface area (TPSA) is 62.6 Å². The van der Waals surface area contributed by atoms with Crippen molar-refractivity contribution in [2.24, 2.45) is 0 Å². The van der Waals surface area contributed by atoms with Crippen molar-refractivity contribution in [2.45, 2.75) is 0 Å². The fourth-order valence-corrected chi connectivity index (χ4v) is 3.33. The predicted octanol–water partition coefficient (Wildman–Crippen LogP) is 4.43. The van der Waals surface area contributed by atoms with Crippen LogP contribution in [-0.2, 0) is 9.59 Å². The Balaban J connectivity index is 1.70. The van der Waals surface area contributed by atoms with E-state index in [1.807, 2.05) is 30.3 Å². The molecular weight excluding hydrogens is 396 g/mol. The van der Waals surface area contributed by atoms with Gasteiger partial charge in [-0.25, -0.2) is 0 Å². The molecule has 28 heavy (non-hydrogen) atoms. The first-order chi connectivity index (χ1) is 13.5. The Hall–Kier alpha value is -3.22. The van der Waals surface area contributed by atoms with E-state index in [0.29, 0.717) is 22.2 Å². The Labute approximate surface area is 171 Å². The van der Waals surface area contributed by atoms with Crippen molar-refractivity contribution in [3.05, 3.63) is 83.1 Å². The second-order valence-electron chi connectivity index (χ2n) is 5.98. The number of hydrogen-bond donors (Lipinski definition) is 1. The summed E-state index contributed by atoms with van der Waals surface area (Å²) in [5.41, 5.74) is 1.20. The third kappa shape index (κ3) is 3.35.